The Hall–Kier alpha value is -1.22. The third-order valence-corrected chi connectivity index (χ3v) is 3.34. The van der Waals surface area contributed by atoms with Gasteiger partial charge < -0.3 is 10.1 Å². The highest BCUT2D eigenvalue weighted by molar-refractivity contribution is 6.31. The Morgan fingerprint density at radius 3 is 2.72 bits per heavy atom. The Kier molecular flexibility index (Phi) is 5.48. The molecule has 0 bridgehead atoms. The first-order valence-corrected chi connectivity index (χ1v) is 6.48. The molecular formula is C14H20ClNO2. The van der Waals surface area contributed by atoms with Gasteiger partial charge in [-0.3, -0.25) is 4.79 Å². The topological polar surface area (TPSA) is 38.3 Å². The molecule has 1 unspecified atom stereocenters. The van der Waals surface area contributed by atoms with E-state index in [1.807, 2.05) is 26.8 Å². The molecule has 0 heterocycles. The third kappa shape index (κ3) is 3.91. The summed E-state index contributed by atoms with van der Waals surface area (Å²) >= 11 is 6.07. The van der Waals surface area contributed by atoms with E-state index in [0.717, 1.165) is 17.5 Å². The molecule has 0 spiro atoms. The van der Waals surface area contributed by atoms with Gasteiger partial charge in [0.25, 0.3) is 0 Å². The summed E-state index contributed by atoms with van der Waals surface area (Å²) in [6, 6.07) is 3.84. The molecule has 100 valence electrons. The van der Waals surface area contributed by atoms with E-state index >= 15 is 0 Å². The van der Waals surface area contributed by atoms with Gasteiger partial charge in [0.15, 0.2) is 0 Å². The number of rotatable bonds is 5. The van der Waals surface area contributed by atoms with Crippen LogP contribution in [-0.2, 0) is 11.2 Å². The van der Waals surface area contributed by atoms with E-state index in [1.54, 1.807) is 13.2 Å². The number of halogens is 1. The van der Waals surface area contributed by atoms with Crippen molar-refractivity contribution in [2.75, 3.05) is 7.11 Å². The molecule has 1 aromatic carbocycles. The van der Waals surface area contributed by atoms with Gasteiger partial charge in [-0.1, -0.05) is 18.5 Å². The van der Waals surface area contributed by atoms with Crippen LogP contribution < -0.4 is 10.1 Å². The Morgan fingerprint density at radius 1 is 1.50 bits per heavy atom. The fraction of sp³-hybridized carbons (Fsp3) is 0.500. The summed E-state index contributed by atoms with van der Waals surface area (Å²) in [5.74, 6) is 0.693. The zero-order valence-electron chi connectivity index (χ0n) is 11.3. The first-order valence-electron chi connectivity index (χ1n) is 6.10. The highest BCUT2D eigenvalue weighted by atomic mass is 35.5. The van der Waals surface area contributed by atoms with Gasteiger partial charge in [-0.25, -0.2) is 0 Å². The zero-order valence-corrected chi connectivity index (χ0v) is 12.1. The van der Waals surface area contributed by atoms with Gasteiger partial charge in [-0.2, -0.15) is 0 Å². The van der Waals surface area contributed by atoms with Crippen molar-refractivity contribution >= 4 is 17.5 Å². The van der Waals surface area contributed by atoms with Crippen molar-refractivity contribution in [3.05, 3.63) is 28.3 Å². The molecule has 1 amide bonds. The SMILES string of the molecule is CCC(C)NC(=O)Cc1cc(Cl)c(C)cc1OC. The molecule has 0 aliphatic rings. The van der Waals surface area contributed by atoms with E-state index in [0.29, 0.717) is 10.8 Å². The maximum atomic E-state index is 11.8. The first-order chi connectivity index (χ1) is 8.47. The lowest BCUT2D eigenvalue weighted by atomic mass is 10.1. The normalized spacial score (nSPS) is 12.1. The molecule has 0 fully saturated rings. The maximum absolute atomic E-state index is 11.8. The van der Waals surface area contributed by atoms with Crippen LogP contribution in [0.3, 0.4) is 0 Å². The molecule has 1 aromatic rings. The second-order valence-electron chi connectivity index (χ2n) is 4.47. The van der Waals surface area contributed by atoms with Crippen LogP contribution in [0, 0.1) is 6.92 Å². The van der Waals surface area contributed by atoms with Crippen LogP contribution in [0.1, 0.15) is 31.4 Å². The number of carbonyl (C=O) groups excluding carboxylic acids is 1. The monoisotopic (exact) mass is 269 g/mol. The molecule has 0 aliphatic carbocycles. The number of nitrogens with one attached hydrogen (secondary N) is 1. The minimum Gasteiger partial charge on any atom is -0.496 e. The van der Waals surface area contributed by atoms with Gasteiger partial charge in [0, 0.05) is 16.6 Å². The summed E-state index contributed by atoms with van der Waals surface area (Å²) in [7, 11) is 1.60. The summed E-state index contributed by atoms with van der Waals surface area (Å²) < 4.78 is 5.27. The highest BCUT2D eigenvalue weighted by Gasteiger charge is 2.12. The van der Waals surface area contributed by atoms with E-state index in [4.69, 9.17) is 16.3 Å². The number of benzene rings is 1. The molecule has 1 rings (SSSR count). The van der Waals surface area contributed by atoms with Crippen LogP contribution >= 0.6 is 11.6 Å². The van der Waals surface area contributed by atoms with Gasteiger partial charge in [0.2, 0.25) is 5.91 Å². The lowest BCUT2D eigenvalue weighted by molar-refractivity contribution is -0.121. The Labute approximate surface area is 113 Å². The summed E-state index contributed by atoms with van der Waals surface area (Å²) in [5.41, 5.74) is 1.76. The number of hydrogen-bond acceptors (Lipinski definition) is 2. The van der Waals surface area contributed by atoms with Crippen LogP contribution in [0.4, 0.5) is 0 Å². The molecule has 3 nitrogen and oxygen atoms in total. The largest absolute Gasteiger partial charge is 0.496 e. The Morgan fingerprint density at radius 2 is 2.17 bits per heavy atom. The predicted octanol–water partition coefficient (Wildman–Crippen LogP) is 3.11. The standard InChI is InChI=1S/C14H20ClNO2/c1-5-10(3)16-14(17)8-11-7-12(15)9(2)6-13(11)18-4/h6-7,10H,5,8H2,1-4H3,(H,16,17). The Bertz CT molecular complexity index is 432. The smallest absolute Gasteiger partial charge is 0.224 e. The van der Waals surface area contributed by atoms with Crippen LogP contribution in [-0.4, -0.2) is 19.1 Å². The fourth-order valence-electron chi connectivity index (χ4n) is 1.63. The van der Waals surface area contributed by atoms with Crippen LogP contribution in [0.25, 0.3) is 0 Å². The number of aryl methyl sites for hydroxylation is 1. The van der Waals surface area contributed by atoms with Crippen molar-refractivity contribution in [3.63, 3.8) is 0 Å². The molecule has 0 saturated heterocycles. The summed E-state index contributed by atoms with van der Waals surface area (Å²) in [6.07, 6.45) is 1.20. The second-order valence-corrected chi connectivity index (χ2v) is 4.87. The number of hydrogen-bond donors (Lipinski definition) is 1. The molecular weight excluding hydrogens is 250 g/mol. The van der Waals surface area contributed by atoms with Crippen LogP contribution in [0.2, 0.25) is 5.02 Å². The summed E-state index contributed by atoms with van der Waals surface area (Å²) in [4.78, 5) is 11.8. The van der Waals surface area contributed by atoms with Crippen molar-refractivity contribution < 1.29 is 9.53 Å². The van der Waals surface area contributed by atoms with E-state index < -0.39 is 0 Å². The van der Waals surface area contributed by atoms with E-state index in [2.05, 4.69) is 5.32 Å². The van der Waals surface area contributed by atoms with Gasteiger partial charge in [-0.05, 0) is 38.0 Å². The predicted molar refractivity (Wildman–Crippen MR) is 74.3 cm³/mol. The molecule has 0 aliphatic heterocycles. The molecule has 1 atom stereocenters. The van der Waals surface area contributed by atoms with Crippen LogP contribution in [0.5, 0.6) is 5.75 Å². The molecule has 18 heavy (non-hydrogen) atoms. The van der Waals surface area contributed by atoms with Gasteiger partial charge in [0.1, 0.15) is 5.75 Å². The van der Waals surface area contributed by atoms with Gasteiger partial charge in [-0.15, -0.1) is 0 Å². The quantitative estimate of drug-likeness (QED) is 0.892. The van der Waals surface area contributed by atoms with Gasteiger partial charge >= 0.3 is 0 Å². The van der Waals surface area contributed by atoms with Crippen molar-refractivity contribution in [2.45, 2.75) is 39.7 Å². The number of ether oxygens (including phenoxy) is 1. The minimum atomic E-state index is -0.0115. The lowest BCUT2D eigenvalue weighted by Gasteiger charge is -2.14. The van der Waals surface area contributed by atoms with Crippen molar-refractivity contribution in [1.82, 2.24) is 5.32 Å². The molecule has 0 radical (unpaired) electrons. The molecule has 0 saturated carbocycles. The second kappa shape index (κ2) is 6.64. The first kappa shape index (κ1) is 14.8. The summed E-state index contributed by atoms with van der Waals surface area (Å²) in [6.45, 7) is 5.93. The van der Waals surface area contributed by atoms with Crippen molar-refractivity contribution in [3.8, 4) is 5.75 Å². The molecule has 1 N–H and O–H groups in total. The minimum absolute atomic E-state index is 0.0115. The fourth-order valence-corrected chi connectivity index (χ4v) is 1.81. The van der Waals surface area contributed by atoms with Crippen molar-refractivity contribution in [1.29, 1.82) is 0 Å². The third-order valence-electron chi connectivity index (χ3n) is 2.93. The Balaban J connectivity index is 2.83. The lowest BCUT2D eigenvalue weighted by Crippen LogP contribution is -2.33. The van der Waals surface area contributed by atoms with E-state index in [-0.39, 0.29) is 18.4 Å². The summed E-state index contributed by atoms with van der Waals surface area (Å²) in [5, 5.41) is 3.58. The number of carbonyl (C=O) groups is 1. The molecule has 0 aromatic heterocycles. The molecule has 4 heteroatoms. The number of amides is 1. The zero-order chi connectivity index (χ0) is 13.7. The van der Waals surface area contributed by atoms with Gasteiger partial charge in [0.05, 0.1) is 13.5 Å². The average Bonchev–Trinajstić information content (AvgIpc) is 2.33. The highest BCUT2D eigenvalue weighted by Crippen LogP contribution is 2.26. The number of methoxy groups -OCH3 is 1. The maximum Gasteiger partial charge on any atom is 0.224 e. The van der Waals surface area contributed by atoms with E-state index in [9.17, 15) is 4.79 Å². The van der Waals surface area contributed by atoms with Crippen LogP contribution in [0.15, 0.2) is 12.1 Å². The van der Waals surface area contributed by atoms with E-state index in [1.165, 1.54) is 0 Å². The average molecular weight is 270 g/mol. The van der Waals surface area contributed by atoms with Crippen molar-refractivity contribution in [2.24, 2.45) is 0 Å².